The van der Waals surface area contributed by atoms with Crippen molar-refractivity contribution in [3.8, 4) is 0 Å². The highest BCUT2D eigenvalue weighted by atomic mass is 32.5. The lowest BCUT2D eigenvalue weighted by Crippen LogP contribution is -2.45. The number of carbonyl (C=O) groups excluding carboxylic acids is 7. The molecule has 2 bridgehead atoms. The number of carboxylic acids is 1. The molecule has 3 fully saturated rings. The average Bonchev–Trinajstić information content (AvgIpc) is 1.62. The Bertz CT molecular complexity index is 3690. The molecule has 3 unspecified atom stereocenters. The number of nitrogens with two attached hydrogens (primary N) is 3. The summed E-state index contributed by atoms with van der Waals surface area (Å²) in [7, 11) is 1.45. The van der Waals surface area contributed by atoms with Crippen molar-refractivity contribution >= 4 is 124 Å². The number of primary amides is 1. The van der Waals surface area contributed by atoms with Crippen LogP contribution in [0.2, 0.25) is 0 Å². The van der Waals surface area contributed by atoms with E-state index in [-0.39, 0.29) is 110 Å². The summed E-state index contributed by atoms with van der Waals surface area (Å²) in [6, 6.07) is 4.67. The van der Waals surface area contributed by atoms with E-state index in [1.165, 1.54) is 53.3 Å². The van der Waals surface area contributed by atoms with Crippen LogP contribution in [0.5, 0.6) is 0 Å². The van der Waals surface area contributed by atoms with E-state index in [4.69, 9.17) is 83.0 Å². The average molecular weight is 1410 g/mol. The van der Waals surface area contributed by atoms with Crippen LogP contribution >= 0.6 is 13.4 Å². The van der Waals surface area contributed by atoms with Crippen LogP contribution in [0.25, 0.3) is 22.3 Å². The van der Waals surface area contributed by atoms with Crippen LogP contribution in [0.15, 0.2) is 49.6 Å². The Hall–Kier alpha value is -7.58. The number of ketones is 1. The van der Waals surface area contributed by atoms with Gasteiger partial charge < -0.3 is 91.4 Å². The normalized spacial score (nSPS) is 24.6. The minimum absolute atomic E-state index is 0.00453. The SMILES string of the molecule is CC(CC(=O)NCCCCC(=O)N[C@H](C(=O)C[C@@H](CCCNC(N)=O)C(=O)Nc1ccc(COC(=O)N(C)CCCC(=O)O[C@@H]2[C@@H]3OP(O)(=S)OC[C@H]4O[C@@H](n5cnc6c(N)ncnc65)[C@H](OP(O)(=S)OC[C@H]3O[C@H]2n2cnc3c(N)ncnc32)[C@@H]4O)cc1)C(C)C)C(=O)O. The maximum absolute atomic E-state index is 13.9. The van der Waals surface area contributed by atoms with E-state index in [1.54, 1.807) is 38.1 Å². The quantitative estimate of drug-likeness (QED) is 0.0193. The molecule has 0 saturated carbocycles. The van der Waals surface area contributed by atoms with Crippen LogP contribution in [0.3, 0.4) is 0 Å². The Morgan fingerprint density at radius 1 is 0.758 bits per heavy atom. The van der Waals surface area contributed by atoms with Crippen molar-refractivity contribution in [1.29, 1.82) is 0 Å². The Morgan fingerprint density at radius 3 is 1.98 bits per heavy atom. The summed E-state index contributed by atoms with van der Waals surface area (Å²) in [4.78, 5) is 152. The number of unbranched alkanes of at least 4 members (excludes halogenated alkanes) is 1. The Balaban J connectivity index is 0.850. The number of aliphatic carboxylic acids is 1. The van der Waals surface area contributed by atoms with Crippen molar-refractivity contribution in [2.45, 2.75) is 140 Å². The third-order valence-corrected chi connectivity index (χ3v) is 18.6. The number of hydrogen-bond acceptors (Lipinski definition) is 27. The number of aromatic nitrogens is 8. The molecule has 518 valence electrons. The number of urea groups is 1. The van der Waals surface area contributed by atoms with Crippen molar-refractivity contribution < 1.29 is 95.4 Å². The number of fused-ring (bicyclic) bond motifs is 5. The van der Waals surface area contributed by atoms with E-state index < -0.39 is 135 Å². The van der Waals surface area contributed by atoms with Crippen LogP contribution in [0, 0.1) is 17.8 Å². The second-order valence-electron chi connectivity index (χ2n) is 23.0. The van der Waals surface area contributed by atoms with Gasteiger partial charge in [0.1, 0.15) is 60.8 Å². The summed E-state index contributed by atoms with van der Waals surface area (Å²) in [5.74, 6) is -5.67. The molecular formula is C55H76N16O20P2S2. The van der Waals surface area contributed by atoms with Gasteiger partial charge in [-0.25, -0.2) is 39.5 Å². The fraction of sp³-hybridized carbons (Fsp3) is 0.564. The minimum Gasteiger partial charge on any atom is -0.481 e. The monoisotopic (exact) mass is 1410 g/mol. The molecule has 3 aliphatic rings. The van der Waals surface area contributed by atoms with Gasteiger partial charge in [0.15, 0.2) is 47.3 Å². The summed E-state index contributed by atoms with van der Waals surface area (Å²) in [5.41, 5.74) is 18.9. The van der Waals surface area contributed by atoms with Gasteiger partial charge in [-0.2, -0.15) is 0 Å². The van der Waals surface area contributed by atoms with Crippen molar-refractivity contribution in [2.75, 3.05) is 56.7 Å². The van der Waals surface area contributed by atoms with Crippen LogP contribution < -0.4 is 38.5 Å². The highest BCUT2D eigenvalue weighted by molar-refractivity contribution is 8.07. The molecule has 6 amide bonds. The molecule has 14 N–H and O–H groups in total. The number of imidazole rings is 2. The van der Waals surface area contributed by atoms with E-state index >= 15 is 0 Å². The van der Waals surface area contributed by atoms with E-state index in [1.807, 2.05) is 0 Å². The van der Waals surface area contributed by atoms with E-state index in [0.29, 0.717) is 30.5 Å². The minimum atomic E-state index is -4.45. The van der Waals surface area contributed by atoms with Crippen molar-refractivity contribution in [2.24, 2.45) is 23.5 Å². The van der Waals surface area contributed by atoms with E-state index in [2.05, 4.69) is 51.2 Å². The van der Waals surface area contributed by atoms with Crippen molar-refractivity contribution in [3.63, 3.8) is 0 Å². The van der Waals surface area contributed by atoms with Gasteiger partial charge in [-0.3, -0.25) is 46.9 Å². The Labute approximate surface area is 552 Å². The zero-order valence-corrected chi connectivity index (χ0v) is 55.4. The highest BCUT2D eigenvalue weighted by Crippen LogP contribution is 2.54. The molecule has 40 heteroatoms. The lowest BCUT2D eigenvalue weighted by Gasteiger charge is -2.29. The number of amides is 6. The van der Waals surface area contributed by atoms with Crippen molar-refractivity contribution in [1.82, 2.24) is 59.9 Å². The third-order valence-electron chi connectivity index (χ3n) is 15.5. The second kappa shape index (κ2) is 32.9. The van der Waals surface area contributed by atoms with Crippen molar-refractivity contribution in [3.05, 3.63) is 55.1 Å². The molecule has 7 heterocycles. The third kappa shape index (κ3) is 19.8. The lowest BCUT2D eigenvalue weighted by atomic mass is 9.89. The summed E-state index contributed by atoms with van der Waals surface area (Å²) >= 11 is 11.0. The topological polar surface area (TPSA) is 508 Å². The standard InChI is InChI=1S/C55H76N16O20P2S2/c1-28(2)39(68-36(73)10-5-6-16-59-37(74)19-29(3)53(78)79)33(72)20-31(9-7-17-60-54(58)80)50(77)67-32-14-12-30(13-15-32)21-84-55(81)69(4)18-8-11-38(75)89-45-43-35(88-52(45)71-27-66-41-47(57)62-25-64-49(41)71)23-86-93(83,95)91-44-42(76)34(22-85-92(82,94)90-43)87-51(44)70-26-65-40-46(56)61-24-63-48(40)70/h12-15,24-29,31,34-35,39,42-45,51-52,76H,5-11,16-23H2,1-4H3,(H,59,74)(H,67,77)(H,68,73)(H,78,79)(H,82,94)(H,83,95)(H2,56,61,63)(H2,57,62,64)(H3,58,60,80)/t29?,31-,34-,35-,39+,42-,43-,44-,45-,51-,52-,92?,93?/m1/s1. The molecule has 8 rings (SSSR count). The summed E-state index contributed by atoms with van der Waals surface area (Å²) < 4.78 is 50.6. The summed E-state index contributed by atoms with van der Waals surface area (Å²) in [6.45, 7) is -5.04. The predicted octanol–water partition coefficient (Wildman–Crippen LogP) is 1.70. The first-order valence-electron chi connectivity index (χ1n) is 30.1. The number of nitrogens with zero attached hydrogens (tertiary/aromatic N) is 9. The fourth-order valence-electron chi connectivity index (χ4n) is 10.5. The molecule has 13 atom stereocenters. The van der Waals surface area contributed by atoms with Gasteiger partial charge >= 0.3 is 37.5 Å². The fourth-order valence-corrected chi connectivity index (χ4v) is 13.3. The number of aliphatic hydroxyl groups is 1. The molecule has 5 aromatic rings. The molecule has 36 nitrogen and oxygen atoms in total. The number of rotatable bonds is 28. The first kappa shape index (κ1) is 73.2. The van der Waals surface area contributed by atoms with Gasteiger partial charge in [0.05, 0.1) is 37.8 Å². The van der Waals surface area contributed by atoms with E-state index in [9.17, 15) is 53.2 Å². The van der Waals surface area contributed by atoms with Crippen LogP contribution in [0.1, 0.15) is 96.6 Å². The molecule has 1 aromatic carbocycles. The molecule has 3 saturated heterocycles. The number of esters is 1. The second-order valence-corrected chi connectivity index (χ2v) is 28.6. The van der Waals surface area contributed by atoms with Crippen LogP contribution in [-0.2, 0) is 96.0 Å². The largest absolute Gasteiger partial charge is 0.481 e. The molecular weight excluding hydrogens is 1330 g/mol. The first-order valence-corrected chi connectivity index (χ1v) is 35.2. The number of ether oxygens (including phenoxy) is 4. The molecule has 4 aromatic heterocycles. The molecule has 0 radical (unpaired) electrons. The number of Topliss-reactive ketones (excluding diaryl/α,β-unsaturated/α-hetero) is 1. The number of anilines is 3. The molecule has 0 spiro atoms. The van der Waals surface area contributed by atoms with Gasteiger partial charge in [-0.15, -0.1) is 0 Å². The van der Waals surface area contributed by atoms with Gasteiger partial charge in [0, 0.05) is 64.0 Å². The molecule has 0 aliphatic carbocycles. The number of carboxylic acid groups (broad SMARTS) is 1. The number of benzene rings is 1. The highest BCUT2D eigenvalue weighted by Gasteiger charge is 2.54. The summed E-state index contributed by atoms with van der Waals surface area (Å²) in [5, 5.41) is 31.3. The first-order chi connectivity index (χ1) is 45.1. The maximum atomic E-state index is 13.9. The summed E-state index contributed by atoms with van der Waals surface area (Å²) in [6.07, 6.45) is -6.68. The Kier molecular flexibility index (Phi) is 25.4. The van der Waals surface area contributed by atoms with Gasteiger partial charge in [-0.05, 0) is 79.3 Å². The predicted molar refractivity (Wildman–Crippen MR) is 340 cm³/mol. The molecule has 95 heavy (non-hydrogen) atoms. The lowest BCUT2D eigenvalue weighted by molar-refractivity contribution is -0.158. The smallest absolute Gasteiger partial charge is 0.409 e. The van der Waals surface area contributed by atoms with Gasteiger partial charge in [0.2, 0.25) is 17.7 Å². The number of nitrogens with one attached hydrogen (secondary N) is 4. The van der Waals surface area contributed by atoms with Crippen LogP contribution in [-0.4, -0.2) is 194 Å². The zero-order valence-electron chi connectivity index (χ0n) is 51.9. The van der Waals surface area contributed by atoms with Gasteiger partial charge in [-0.1, -0.05) is 32.9 Å². The zero-order chi connectivity index (χ0) is 68.9. The van der Waals surface area contributed by atoms with Crippen LogP contribution in [0.4, 0.5) is 26.9 Å². The number of nitrogen functional groups attached to an aromatic ring is 2. The number of hydrogen-bond donors (Lipinski definition) is 11. The number of aliphatic hydroxyl groups excluding tert-OH is 1. The van der Waals surface area contributed by atoms with E-state index in [0.717, 1.165) is 0 Å². The van der Waals surface area contributed by atoms with Gasteiger partial charge in [0.25, 0.3) is 0 Å². The number of carbonyl (C=O) groups is 8. The Morgan fingerprint density at radius 2 is 1.36 bits per heavy atom. The molecule has 3 aliphatic heterocycles. The maximum Gasteiger partial charge on any atom is 0.409 e.